The monoisotopic (exact) mass is 480 g/mol. The third-order valence-corrected chi connectivity index (χ3v) is 6.46. The van der Waals surface area contributed by atoms with Crippen LogP contribution in [0.4, 0.5) is 0 Å². The van der Waals surface area contributed by atoms with E-state index in [1.54, 1.807) is 11.0 Å². The molecule has 35 heavy (non-hydrogen) atoms. The van der Waals surface area contributed by atoms with Crippen LogP contribution < -0.4 is 10.1 Å². The SMILES string of the molecule is CCOCC(=O)N(Cc1ccc(C)cc1)[C@@H]1C=C(C(=O)NCCO)[C@@H]2c3ccccc3O[C@@H]2[C@H]1O. The van der Waals surface area contributed by atoms with Crippen LogP contribution >= 0.6 is 0 Å². The first kappa shape index (κ1) is 24.9. The number of amides is 2. The molecule has 0 unspecified atom stereocenters. The van der Waals surface area contributed by atoms with Gasteiger partial charge in [0.25, 0.3) is 0 Å². The quantitative estimate of drug-likeness (QED) is 0.504. The molecule has 2 aromatic rings. The molecule has 1 heterocycles. The topological polar surface area (TPSA) is 108 Å². The lowest BCUT2D eigenvalue weighted by molar-refractivity contribution is -0.142. The summed E-state index contributed by atoms with van der Waals surface area (Å²) in [5.74, 6) is -0.538. The summed E-state index contributed by atoms with van der Waals surface area (Å²) in [6.07, 6.45) is -0.141. The fourth-order valence-corrected chi connectivity index (χ4v) is 4.71. The summed E-state index contributed by atoms with van der Waals surface area (Å²) in [5, 5.41) is 23.4. The molecule has 0 spiro atoms. The fourth-order valence-electron chi connectivity index (χ4n) is 4.71. The van der Waals surface area contributed by atoms with Gasteiger partial charge in [-0.15, -0.1) is 0 Å². The molecule has 2 amide bonds. The van der Waals surface area contributed by atoms with Crippen LogP contribution in [0, 0.1) is 6.92 Å². The number of rotatable bonds is 9. The summed E-state index contributed by atoms with van der Waals surface area (Å²) in [6, 6.07) is 14.4. The normalized spacial score (nSPS) is 22.5. The number of carbonyl (C=O) groups is 2. The Labute approximate surface area is 205 Å². The first-order valence-electron chi connectivity index (χ1n) is 11.9. The van der Waals surface area contributed by atoms with Crippen molar-refractivity contribution in [3.8, 4) is 5.75 Å². The van der Waals surface area contributed by atoms with E-state index in [-0.39, 0.29) is 38.1 Å². The van der Waals surface area contributed by atoms with E-state index in [1.807, 2.05) is 62.4 Å². The van der Waals surface area contributed by atoms with E-state index in [2.05, 4.69) is 5.32 Å². The Morgan fingerprint density at radius 1 is 1.14 bits per heavy atom. The molecule has 2 aromatic carbocycles. The van der Waals surface area contributed by atoms with Crippen molar-refractivity contribution in [2.75, 3.05) is 26.4 Å². The Balaban J connectivity index is 1.74. The second kappa shape index (κ2) is 11.0. The molecule has 1 aliphatic carbocycles. The van der Waals surface area contributed by atoms with Crippen molar-refractivity contribution in [3.05, 3.63) is 76.9 Å². The van der Waals surface area contributed by atoms with Gasteiger partial charge < -0.3 is 29.9 Å². The minimum absolute atomic E-state index is 0.0969. The molecule has 0 bridgehead atoms. The van der Waals surface area contributed by atoms with Crippen LogP contribution in [0.15, 0.2) is 60.2 Å². The standard InChI is InChI=1S/C27H32N2O6/c1-3-34-16-23(31)29(15-18-10-8-17(2)9-11-18)21-14-20(27(33)28-12-13-30)24-19-6-4-5-7-22(19)35-26(24)25(21)32/h4-11,14,21,24-26,30,32H,3,12-13,15-16H2,1-2H3,(H,28,33)/t21-,24+,25+,26+/m1/s1. The van der Waals surface area contributed by atoms with Crippen LogP contribution in [-0.4, -0.2) is 71.5 Å². The number of carbonyl (C=O) groups excluding carboxylic acids is 2. The second-order valence-electron chi connectivity index (χ2n) is 8.83. The minimum atomic E-state index is -1.07. The lowest BCUT2D eigenvalue weighted by atomic mass is 9.77. The zero-order valence-electron chi connectivity index (χ0n) is 20.0. The maximum absolute atomic E-state index is 13.3. The van der Waals surface area contributed by atoms with E-state index < -0.39 is 24.2 Å². The molecule has 0 radical (unpaired) electrons. The molecule has 186 valence electrons. The summed E-state index contributed by atoms with van der Waals surface area (Å²) in [5.41, 5.74) is 3.21. The Bertz CT molecular complexity index is 1080. The molecule has 8 nitrogen and oxygen atoms in total. The van der Waals surface area contributed by atoms with Gasteiger partial charge in [0.15, 0.2) is 0 Å². The van der Waals surface area contributed by atoms with Crippen LogP contribution in [0.25, 0.3) is 0 Å². The number of benzene rings is 2. The zero-order chi connectivity index (χ0) is 24.9. The van der Waals surface area contributed by atoms with Crippen molar-refractivity contribution < 1.29 is 29.3 Å². The highest BCUT2D eigenvalue weighted by Crippen LogP contribution is 2.47. The van der Waals surface area contributed by atoms with Gasteiger partial charge in [0.2, 0.25) is 11.8 Å². The van der Waals surface area contributed by atoms with E-state index in [0.29, 0.717) is 17.9 Å². The molecule has 0 fully saturated rings. The number of aryl methyl sites for hydroxylation is 1. The molecule has 0 aromatic heterocycles. The van der Waals surface area contributed by atoms with Crippen molar-refractivity contribution in [1.82, 2.24) is 10.2 Å². The summed E-state index contributed by atoms with van der Waals surface area (Å²) in [6.45, 7) is 4.18. The largest absolute Gasteiger partial charge is 0.486 e. The number of ether oxygens (including phenoxy) is 2. The van der Waals surface area contributed by atoms with Crippen LogP contribution in [-0.2, 0) is 20.9 Å². The van der Waals surface area contributed by atoms with Crippen LogP contribution in [0.5, 0.6) is 5.75 Å². The number of nitrogens with one attached hydrogen (secondary N) is 1. The number of aliphatic hydroxyl groups is 2. The fraction of sp³-hybridized carbons (Fsp3) is 0.407. The summed E-state index contributed by atoms with van der Waals surface area (Å²) >= 11 is 0. The van der Waals surface area contributed by atoms with Gasteiger partial charge in [0.1, 0.15) is 24.6 Å². The van der Waals surface area contributed by atoms with E-state index >= 15 is 0 Å². The predicted molar refractivity (Wildman–Crippen MR) is 130 cm³/mol. The molecular formula is C27H32N2O6. The van der Waals surface area contributed by atoms with Crippen LogP contribution in [0.2, 0.25) is 0 Å². The molecule has 0 saturated carbocycles. The average Bonchev–Trinajstić information content (AvgIpc) is 3.26. The summed E-state index contributed by atoms with van der Waals surface area (Å²) in [7, 11) is 0. The van der Waals surface area contributed by atoms with Crippen molar-refractivity contribution in [3.63, 3.8) is 0 Å². The Morgan fingerprint density at radius 3 is 2.60 bits per heavy atom. The molecule has 3 N–H and O–H groups in total. The average molecular weight is 481 g/mol. The highest BCUT2D eigenvalue weighted by atomic mass is 16.5. The molecule has 4 atom stereocenters. The Morgan fingerprint density at radius 2 is 1.89 bits per heavy atom. The smallest absolute Gasteiger partial charge is 0.249 e. The van der Waals surface area contributed by atoms with Crippen molar-refractivity contribution in [1.29, 1.82) is 0 Å². The molecular weight excluding hydrogens is 448 g/mol. The Kier molecular flexibility index (Phi) is 7.85. The van der Waals surface area contributed by atoms with Gasteiger partial charge in [0.05, 0.1) is 18.6 Å². The Hall–Kier alpha value is -3.20. The number of para-hydroxylation sites is 1. The molecule has 4 rings (SSSR count). The predicted octanol–water partition coefficient (Wildman–Crippen LogP) is 1.68. The number of nitrogens with zero attached hydrogens (tertiary/aromatic N) is 1. The van der Waals surface area contributed by atoms with Gasteiger partial charge in [-0.05, 0) is 31.6 Å². The van der Waals surface area contributed by atoms with Crippen LogP contribution in [0.1, 0.15) is 29.5 Å². The van der Waals surface area contributed by atoms with Crippen molar-refractivity contribution in [2.24, 2.45) is 0 Å². The van der Waals surface area contributed by atoms with Crippen molar-refractivity contribution >= 4 is 11.8 Å². The molecule has 8 heteroatoms. The lowest BCUT2D eigenvalue weighted by Gasteiger charge is -2.40. The molecule has 1 aliphatic heterocycles. The molecule has 2 aliphatic rings. The molecule has 0 saturated heterocycles. The minimum Gasteiger partial charge on any atom is -0.486 e. The van der Waals surface area contributed by atoms with E-state index in [9.17, 15) is 19.8 Å². The van der Waals surface area contributed by atoms with Crippen LogP contribution in [0.3, 0.4) is 0 Å². The maximum Gasteiger partial charge on any atom is 0.249 e. The van der Waals surface area contributed by atoms with Gasteiger partial charge >= 0.3 is 0 Å². The van der Waals surface area contributed by atoms with Gasteiger partial charge in [-0.1, -0.05) is 48.0 Å². The number of fused-ring (bicyclic) bond motifs is 3. The number of hydrogen-bond donors (Lipinski definition) is 3. The van der Waals surface area contributed by atoms with E-state index in [4.69, 9.17) is 9.47 Å². The number of aliphatic hydroxyl groups excluding tert-OH is 2. The third kappa shape index (κ3) is 5.24. The summed E-state index contributed by atoms with van der Waals surface area (Å²) < 4.78 is 11.5. The maximum atomic E-state index is 13.3. The van der Waals surface area contributed by atoms with Gasteiger partial charge in [-0.2, -0.15) is 0 Å². The summed E-state index contributed by atoms with van der Waals surface area (Å²) in [4.78, 5) is 28.0. The van der Waals surface area contributed by atoms with Gasteiger partial charge in [-0.25, -0.2) is 0 Å². The van der Waals surface area contributed by atoms with Gasteiger partial charge in [0, 0.05) is 30.8 Å². The highest BCUT2D eigenvalue weighted by molar-refractivity contribution is 5.96. The van der Waals surface area contributed by atoms with E-state index in [0.717, 1.165) is 16.7 Å². The van der Waals surface area contributed by atoms with Crippen molar-refractivity contribution in [2.45, 2.75) is 44.6 Å². The zero-order valence-corrected chi connectivity index (χ0v) is 20.0. The third-order valence-electron chi connectivity index (χ3n) is 6.46. The first-order valence-corrected chi connectivity index (χ1v) is 11.9. The second-order valence-corrected chi connectivity index (χ2v) is 8.83. The number of hydrogen-bond acceptors (Lipinski definition) is 6. The lowest BCUT2D eigenvalue weighted by Crippen LogP contribution is -2.56. The highest BCUT2D eigenvalue weighted by Gasteiger charge is 2.50. The first-order chi connectivity index (χ1) is 16.9. The van der Waals surface area contributed by atoms with Gasteiger partial charge in [-0.3, -0.25) is 9.59 Å². The van der Waals surface area contributed by atoms with E-state index in [1.165, 1.54) is 0 Å².